The third kappa shape index (κ3) is 5.51. The largest absolute Gasteiger partial charge is 0.495 e. The summed E-state index contributed by atoms with van der Waals surface area (Å²) in [7, 11) is 1.53. The summed E-state index contributed by atoms with van der Waals surface area (Å²) >= 11 is 0. The molecule has 0 aliphatic rings. The van der Waals surface area contributed by atoms with Gasteiger partial charge in [0.2, 0.25) is 5.91 Å². The smallest absolute Gasteiger partial charge is 0.322 e. The van der Waals surface area contributed by atoms with Gasteiger partial charge in [-0.05, 0) is 25.0 Å². The molecule has 0 radical (unpaired) electrons. The number of amides is 3. The summed E-state index contributed by atoms with van der Waals surface area (Å²) in [6.07, 6.45) is 0. The molecule has 26 heavy (non-hydrogen) atoms. The molecular formula is C18H24N4O4. The van der Waals surface area contributed by atoms with E-state index in [1.165, 1.54) is 12.0 Å². The summed E-state index contributed by atoms with van der Waals surface area (Å²) < 4.78 is 10.2. The van der Waals surface area contributed by atoms with Crippen LogP contribution in [0.5, 0.6) is 5.75 Å². The van der Waals surface area contributed by atoms with Crippen molar-refractivity contribution < 1.29 is 18.8 Å². The van der Waals surface area contributed by atoms with Crippen LogP contribution in [0.2, 0.25) is 0 Å². The normalized spacial score (nSPS) is 10.5. The van der Waals surface area contributed by atoms with E-state index in [-0.39, 0.29) is 24.4 Å². The van der Waals surface area contributed by atoms with Crippen molar-refractivity contribution in [2.24, 2.45) is 5.92 Å². The third-order valence-electron chi connectivity index (χ3n) is 3.45. The first-order valence-corrected chi connectivity index (χ1v) is 8.31. The molecule has 2 N–H and O–H groups in total. The molecule has 1 aromatic carbocycles. The van der Waals surface area contributed by atoms with Crippen LogP contribution in [-0.2, 0) is 4.79 Å². The number of anilines is 2. The van der Waals surface area contributed by atoms with E-state index in [9.17, 15) is 9.59 Å². The number of urea groups is 1. The highest BCUT2D eigenvalue weighted by Gasteiger charge is 2.20. The molecule has 1 heterocycles. The molecule has 0 aliphatic heterocycles. The Kier molecular flexibility index (Phi) is 6.60. The summed E-state index contributed by atoms with van der Waals surface area (Å²) in [5, 5.41) is 9.12. The second-order valence-corrected chi connectivity index (χ2v) is 6.28. The number of carbonyl (C=O) groups is 2. The van der Waals surface area contributed by atoms with Crippen molar-refractivity contribution in [1.82, 2.24) is 10.1 Å². The molecule has 0 aliphatic carbocycles. The Labute approximate surface area is 152 Å². The van der Waals surface area contributed by atoms with Crippen molar-refractivity contribution in [1.29, 1.82) is 0 Å². The van der Waals surface area contributed by atoms with Gasteiger partial charge in [0.25, 0.3) is 0 Å². The second-order valence-electron chi connectivity index (χ2n) is 6.28. The molecule has 0 atom stereocenters. The Hall–Kier alpha value is -3.03. The van der Waals surface area contributed by atoms with E-state index in [4.69, 9.17) is 9.26 Å². The van der Waals surface area contributed by atoms with Crippen molar-refractivity contribution in [3.05, 3.63) is 36.1 Å². The Balaban J connectivity index is 2.05. The van der Waals surface area contributed by atoms with Crippen LogP contribution in [0.1, 0.15) is 19.6 Å². The van der Waals surface area contributed by atoms with Gasteiger partial charge in [-0.25, -0.2) is 4.79 Å². The zero-order chi connectivity index (χ0) is 19.1. The lowest BCUT2D eigenvalue weighted by Crippen LogP contribution is -2.42. The van der Waals surface area contributed by atoms with Crippen molar-refractivity contribution >= 4 is 23.4 Å². The Bertz CT molecular complexity index is 757. The van der Waals surface area contributed by atoms with E-state index in [1.54, 1.807) is 31.2 Å². The van der Waals surface area contributed by atoms with E-state index in [1.807, 2.05) is 19.9 Å². The Morgan fingerprint density at radius 2 is 2.00 bits per heavy atom. The van der Waals surface area contributed by atoms with Gasteiger partial charge in [-0.15, -0.1) is 0 Å². The molecule has 0 bridgehead atoms. The fourth-order valence-corrected chi connectivity index (χ4v) is 2.38. The zero-order valence-corrected chi connectivity index (χ0v) is 15.4. The first-order chi connectivity index (χ1) is 12.4. The van der Waals surface area contributed by atoms with Gasteiger partial charge in [-0.3, -0.25) is 4.79 Å². The number of para-hydroxylation sites is 2. The number of hydrogen-bond acceptors (Lipinski definition) is 5. The molecule has 140 valence electrons. The number of rotatable bonds is 7. The number of nitrogens with one attached hydrogen (secondary N) is 2. The SMILES string of the molecule is COc1ccccc1NC(=O)N(CC(=O)Nc1cc(C)on1)CC(C)C. The van der Waals surface area contributed by atoms with Gasteiger partial charge in [0.1, 0.15) is 18.1 Å². The van der Waals surface area contributed by atoms with Crippen molar-refractivity contribution in [3.8, 4) is 5.75 Å². The maximum Gasteiger partial charge on any atom is 0.322 e. The molecule has 2 aromatic rings. The van der Waals surface area contributed by atoms with E-state index in [2.05, 4.69) is 15.8 Å². The highest BCUT2D eigenvalue weighted by Crippen LogP contribution is 2.23. The summed E-state index contributed by atoms with van der Waals surface area (Å²) in [6, 6.07) is 8.33. The van der Waals surface area contributed by atoms with Gasteiger partial charge in [0.15, 0.2) is 5.82 Å². The van der Waals surface area contributed by atoms with E-state index in [0.717, 1.165) is 0 Å². The summed E-state index contributed by atoms with van der Waals surface area (Å²) in [5.74, 6) is 1.30. The van der Waals surface area contributed by atoms with Gasteiger partial charge in [0, 0.05) is 12.6 Å². The van der Waals surface area contributed by atoms with Gasteiger partial charge < -0.3 is 24.8 Å². The monoisotopic (exact) mass is 360 g/mol. The van der Waals surface area contributed by atoms with E-state index >= 15 is 0 Å². The lowest BCUT2D eigenvalue weighted by molar-refractivity contribution is -0.116. The Morgan fingerprint density at radius 1 is 1.27 bits per heavy atom. The summed E-state index contributed by atoms with van der Waals surface area (Å²) in [4.78, 5) is 26.4. The van der Waals surface area contributed by atoms with Crippen LogP contribution in [0.15, 0.2) is 34.9 Å². The number of hydrogen-bond donors (Lipinski definition) is 2. The van der Waals surface area contributed by atoms with Crippen LogP contribution < -0.4 is 15.4 Å². The van der Waals surface area contributed by atoms with Crippen LogP contribution in [0.4, 0.5) is 16.3 Å². The molecule has 0 unspecified atom stereocenters. The fourth-order valence-electron chi connectivity index (χ4n) is 2.38. The topological polar surface area (TPSA) is 96.7 Å². The number of carbonyl (C=O) groups excluding carboxylic acids is 2. The quantitative estimate of drug-likeness (QED) is 0.791. The van der Waals surface area contributed by atoms with Crippen LogP contribution in [-0.4, -0.2) is 42.2 Å². The minimum Gasteiger partial charge on any atom is -0.495 e. The zero-order valence-electron chi connectivity index (χ0n) is 15.4. The standard InChI is InChI=1S/C18H24N4O4/c1-12(2)10-22(11-17(23)20-16-9-13(3)26-21-16)18(24)19-14-7-5-6-8-15(14)25-4/h5-9,12H,10-11H2,1-4H3,(H,19,24)(H,20,21,23). The molecule has 8 nitrogen and oxygen atoms in total. The minimum atomic E-state index is -0.380. The van der Waals surface area contributed by atoms with Crippen LogP contribution in [0.25, 0.3) is 0 Å². The van der Waals surface area contributed by atoms with Gasteiger partial charge in [-0.2, -0.15) is 0 Å². The van der Waals surface area contributed by atoms with Crippen molar-refractivity contribution in [2.75, 3.05) is 30.8 Å². The predicted molar refractivity (Wildman–Crippen MR) is 98.3 cm³/mol. The molecule has 0 fully saturated rings. The van der Waals surface area contributed by atoms with Crippen molar-refractivity contribution in [2.45, 2.75) is 20.8 Å². The first kappa shape index (κ1) is 19.3. The molecule has 2 rings (SSSR count). The van der Waals surface area contributed by atoms with E-state index in [0.29, 0.717) is 29.6 Å². The second kappa shape index (κ2) is 8.89. The summed E-state index contributed by atoms with van der Waals surface area (Å²) in [6.45, 7) is 6.00. The van der Waals surface area contributed by atoms with Gasteiger partial charge >= 0.3 is 6.03 Å². The first-order valence-electron chi connectivity index (χ1n) is 8.31. The third-order valence-corrected chi connectivity index (χ3v) is 3.45. The Morgan fingerprint density at radius 3 is 2.62 bits per heavy atom. The van der Waals surface area contributed by atoms with Crippen LogP contribution in [0, 0.1) is 12.8 Å². The van der Waals surface area contributed by atoms with Crippen LogP contribution in [0.3, 0.4) is 0 Å². The summed E-state index contributed by atoms with van der Waals surface area (Å²) in [5.41, 5.74) is 0.543. The van der Waals surface area contributed by atoms with Crippen molar-refractivity contribution in [3.63, 3.8) is 0 Å². The molecule has 0 saturated heterocycles. The maximum absolute atomic E-state index is 12.7. The van der Waals surface area contributed by atoms with Crippen LogP contribution >= 0.6 is 0 Å². The minimum absolute atomic E-state index is 0.106. The highest BCUT2D eigenvalue weighted by molar-refractivity contribution is 5.97. The molecule has 1 aromatic heterocycles. The molecule has 3 amide bonds. The maximum atomic E-state index is 12.7. The lowest BCUT2D eigenvalue weighted by Gasteiger charge is -2.24. The molecule has 0 saturated carbocycles. The number of aromatic nitrogens is 1. The average Bonchev–Trinajstić information content (AvgIpc) is 2.99. The van der Waals surface area contributed by atoms with Gasteiger partial charge in [0.05, 0.1) is 12.8 Å². The number of methoxy groups -OCH3 is 1. The number of ether oxygens (including phenoxy) is 1. The fraction of sp³-hybridized carbons (Fsp3) is 0.389. The average molecular weight is 360 g/mol. The highest BCUT2D eigenvalue weighted by atomic mass is 16.5. The van der Waals surface area contributed by atoms with E-state index < -0.39 is 0 Å². The molecule has 0 spiro atoms. The number of aryl methyl sites for hydroxylation is 1. The predicted octanol–water partition coefficient (Wildman–Crippen LogP) is 3.12. The molecule has 8 heteroatoms. The number of nitrogens with zero attached hydrogens (tertiary/aromatic N) is 2. The lowest BCUT2D eigenvalue weighted by atomic mass is 10.2. The molecular weight excluding hydrogens is 336 g/mol. The van der Waals surface area contributed by atoms with Gasteiger partial charge in [-0.1, -0.05) is 31.1 Å². The number of benzene rings is 1.